The normalized spacial score (nSPS) is 10.7. The molecule has 0 fully saturated rings. The van der Waals surface area contributed by atoms with E-state index in [-0.39, 0.29) is 0 Å². The summed E-state index contributed by atoms with van der Waals surface area (Å²) in [6, 6.07) is 10.4. The van der Waals surface area contributed by atoms with Crippen molar-refractivity contribution in [3.63, 3.8) is 0 Å². The van der Waals surface area contributed by atoms with Gasteiger partial charge < -0.3 is 10.5 Å². The van der Waals surface area contributed by atoms with Crippen LogP contribution in [0.25, 0.3) is 0 Å². The minimum absolute atomic E-state index is 0.576. The zero-order valence-electron chi connectivity index (χ0n) is 12.2. The molecule has 0 spiro atoms. The Kier molecular flexibility index (Phi) is 4.84. The second kappa shape index (κ2) is 6.42. The topological polar surface area (TPSA) is 35.2 Å². The highest BCUT2D eigenvalue weighted by Gasteiger charge is 2.05. The molecular weight excluding hydrogens is 314 g/mol. The number of ether oxygens (including phenoxy) is 1. The van der Waals surface area contributed by atoms with Crippen molar-refractivity contribution in [3.8, 4) is 5.75 Å². The van der Waals surface area contributed by atoms with E-state index >= 15 is 0 Å². The van der Waals surface area contributed by atoms with Gasteiger partial charge in [-0.15, -0.1) is 0 Å². The smallest absolute Gasteiger partial charge is 0.120 e. The maximum Gasteiger partial charge on any atom is 0.120 e. The summed E-state index contributed by atoms with van der Waals surface area (Å²) in [5.41, 5.74) is 11.6. The van der Waals surface area contributed by atoms with E-state index in [4.69, 9.17) is 10.5 Å². The molecule has 0 unspecified atom stereocenters. The summed E-state index contributed by atoms with van der Waals surface area (Å²) in [7, 11) is 0. The third-order valence-electron chi connectivity index (χ3n) is 3.45. The summed E-state index contributed by atoms with van der Waals surface area (Å²) >= 11 is 3.57. The second-order valence-corrected chi connectivity index (χ2v) is 5.92. The van der Waals surface area contributed by atoms with Crippen molar-refractivity contribution in [1.29, 1.82) is 0 Å². The fourth-order valence-corrected chi connectivity index (χ4v) is 2.43. The first kappa shape index (κ1) is 15.1. The van der Waals surface area contributed by atoms with Gasteiger partial charge in [0.1, 0.15) is 12.4 Å². The van der Waals surface area contributed by atoms with Crippen molar-refractivity contribution in [2.24, 2.45) is 5.73 Å². The molecule has 0 aliphatic rings. The molecule has 106 valence electrons. The lowest BCUT2D eigenvalue weighted by Gasteiger charge is -2.12. The van der Waals surface area contributed by atoms with Crippen molar-refractivity contribution >= 4 is 15.9 Å². The van der Waals surface area contributed by atoms with E-state index in [1.807, 2.05) is 0 Å². The Bertz CT molecular complexity index is 599. The third kappa shape index (κ3) is 3.41. The molecule has 2 aromatic carbocycles. The molecule has 0 saturated carbocycles. The zero-order valence-corrected chi connectivity index (χ0v) is 13.8. The first-order valence-corrected chi connectivity index (χ1v) is 7.48. The van der Waals surface area contributed by atoms with Crippen LogP contribution < -0.4 is 10.5 Å². The molecule has 20 heavy (non-hydrogen) atoms. The van der Waals surface area contributed by atoms with E-state index in [1.54, 1.807) is 0 Å². The lowest BCUT2D eigenvalue weighted by Crippen LogP contribution is -2.01. The van der Waals surface area contributed by atoms with Gasteiger partial charge >= 0.3 is 0 Å². The van der Waals surface area contributed by atoms with Crippen LogP contribution in [0.3, 0.4) is 0 Å². The van der Waals surface area contributed by atoms with Gasteiger partial charge in [-0.05, 0) is 60.7 Å². The predicted octanol–water partition coefficient (Wildman–Crippen LogP) is 4.41. The lowest BCUT2D eigenvalue weighted by atomic mass is 10.1. The van der Waals surface area contributed by atoms with Gasteiger partial charge in [0.25, 0.3) is 0 Å². The van der Waals surface area contributed by atoms with E-state index in [0.717, 1.165) is 15.8 Å². The fraction of sp³-hybridized carbons (Fsp3) is 0.294. The van der Waals surface area contributed by atoms with Crippen LogP contribution in [0.1, 0.15) is 27.8 Å². The van der Waals surface area contributed by atoms with Crippen molar-refractivity contribution in [1.82, 2.24) is 0 Å². The Hall–Kier alpha value is -1.32. The van der Waals surface area contributed by atoms with Gasteiger partial charge in [0.2, 0.25) is 0 Å². The highest BCUT2D eigenvalue weighted by Crippen LogP contribution is 2.27. The Balaban J connectivity index is 2.13. The Morgan fingerprint density at radius 2 is 1.65 bits per heavy atom. The van der Waals surface area contributed by atoms with Gasteiger partial charge in [-0.25, -0.2) is 0 Å². The molecule has 2 nitrogen and oxygen atoms in total. The minimum Gasteiger partial charge on any atom is -0.489 e. The van der Waals surface area contributed by atoms with E-state index < -0.39 is 0 Å². The number of rotatable bonds is 4. The molecule has 0 radical (unpaired) electrons. The number of nitrogens with two attached hydrogens (primary N) is 1. The summed E-state index contributed by atoms with van der Waals surface area (Å²) in [4.78, 5) is 0. The average Bonchev–Trinajstić information content (AvgIpc) is 2.43. The number of hydrogen-bond acceptors (Lipinski definition) is 2. The molecule has 3 heteroatoms. The minimum atomic E-state index is 0.576. The summed E-state index contributed by atoms with van der Waals surface area (Å²) in [6.45, 7) is 7.40. The van der Waals surface area contributed by atoms with Gasteiger partial charge in [-0.1, -0.05) is 34.1 Å². The molecule has 2 N–H and O–H groups in total. The third-order valence-corrected chi connectivity index (χ3v) is 4.70. The van der Waals surface area contributed by atoms with Crippen LogP contribution in [0.5, 0.6) is 5.75 Å². The van der Waals surface area contributed by atoms with Gasteiger partial charge in [-0.2, -0.15) is 0 Å². The molecule has 2 aromatic rings. The van der Waals surface area contributed by atoms with Crippen LogP contribution >= 0.6 is 15.9 Å². The number of halogens is 1. The Morgan fingerprint density at radius 3 is 2.20 bits per heavy atom. The largest absolute Gasteiger partial charge is 0.489 e. The van der Waals surface area contributed by atoms with Crippen molar-refractivity contribution in [2.75, 3.05) is 0 Å². The van der Waals surface area contributed by atoms with Crippen LogP contribution in [0, 0.1) is 20.8 Å². The summed E-state index contributed by atoms with van der Waals surface area (Å²) in [5.74, 6) is 0.908. The van der Waals surface area contributed by atoms with Crippen LogP contribution in [0.4, 0.5) is 0 Å². The van der Waals surface area contributed by atoms with E-state index in [2.05, 4.69) is 67.0 Å². The number of hydrogen-bond donors (Lipinski definition) is 1. The first-order valence-electron chi connectivity index (χ1n) is 6.69. The summed E-state index contributed by atoms with van der Waals surface area (Å²) < 4.78 is 7.06. The Labute approximate surface area is 129 Å². The Morgan fingerprint density at radius 1 is 1.00 bits per heavy atom. The van der Waals surface area contributed by atoms with Crippen molar-refractivity contribution in [2.45, 2.75) is 33.9 Å². The molecule has 0 aliphatic heterocycles. The quantitative estimate of drug-likeness (QED) is 0.899. The van der Waals surface area contributed by atoms with Gasteiger partial charge in [0.05, 0.1) is 0 Å². The van der Waals surface area contributed by atoms with Crippen LogP contribution in [-0.4, -0.2) is 0 Å². The molecule has 0 saturated heterocycles. The predicted molar refractivity (Wildman–Crippen MR) is 87.0 cm³/mol. The standard InChI is InChI=1S/C17H20BrNO/c1-11-6-14(9-19)4-5-15(11)10-20-16-7-12(2)17(18)13(3)8-16/h4-8H,9-10,19H2,1-3H3. The average molecular weight is 334 g/mol. The molecule has 2 rings (SSSR count). The van der Waals surface area contributed by atoms with Crippen molar-refractivity contribution in [3.05, 3.63) is 62.6 Å². The summed E-state index contributed by atoms with van der Waals surface area (Å²) in [6.07, 6.45) is 0. The first-order chi connectivity index (χ1) is 9.51. The molecule has 0 heterocycles. The van der Waals surface area contributed by atoms with Crippen molar-refractivity contribution < 1.29 is 4.74 Å². The van der Waals surface area contributed by atoms with E-state index in [1.165, 1.54) is 22.3 Å². The van der Waals surface area contributed by atoms with Crippen LogP contribution in [0.2, 0.25) is 0 Å². The zero-order chi connectivity index (χ0) is 14.7. The van der Waals surface area contributed by atoms with Gasteiger partial charge in [-0.3, -0.25) is 0 Å². The maximum absolute atomic E-state index is 5.91. The molecule has 0 bridgehead atoms. The molecule has 0 amide bonds. The number of benzene rings is 2. The molecule has 0 aromatic heterocycles. The highest BCUT2D eigenvalue weighted by atomic mass is 79.9. The molecule has 0 atom stereocenters. The monoisotopic (exact) mass is 333 g/mol. The maximum atomic E-state index is 5.91. The molecular formula is C17H20BrNO. The fourth-order valence-electron chi connectivity index (χ4n) is 2.20. The van der Waals surface area contributed by atoms with Crippen LogP contribution in [0.15, 0.2) is 34.8 Å². The SMILES string of the molecule is Cc1cc(CN)ccc1COc1cc(C)c(Br)c(C)c1. The highest BCUT2D eigenvalue weighted by molar-refractivity contribution is 9.10. The van der Waals surface area contributed by atoms with Gasteiger partial charge in [0.15, 0.2) is 0 Å². The lowest BCUT2D eigenvalue weighted by molar-refractivity contribution is 0.305. The van der Waals surface area contributed by atoms with Gasteiger partial charge in [0, 0.05) is 11.0 Å². The van der Waals surface area contributed by atoms with E-state index in [0.29, 0.717) is 13.2 Å². The molecule has 0 aliphatic carbocycles. The number of aryl methyl sites for hydroxylation is 3. The second-order valence-electron chi connectivity index (χ2n) is 5.12. The summed E-state index contributed by atoms with van der Waals surface area (Å²) in [5, 5.41) is 0. The van der Waals surface area contributed by atoms with Crippen LogP contribution in [-0.2, 0) is 13.2 Å². The van der Waals surface area contributed by atoms with E-state index in [9.17, 15) is 0 Å².